The molecule has 0 aliphatic carbocycles. The molecule has 0 rings (SSSR count). The van der Waals surface area contributed by atoms with Gasteiger partial charge in [-0.3, -0.25) is 0 Å². The van der Waals surface area contributed by atoms with E-state index in [0.717, 1.165) is 6.54 Å². The molecule has 0 saturated heterocycles. The Kier molecular flexibility index (Phi) is 6.45. The van der Waals surface area contributed by atoms with Crippen molar-refractivity contribution in [2.45, 2.75) is 19.8 Å². The van der Waals surface area contributed by atoms with Gasteiger partial charge in [0.25, 0.3) is 0 Å². The van der Waals surface area contributed by atoms with E-state index in [1.807, 2.05) is 7.05 Å². The van der Waals surface area contributed by atoms with Crippen molar-refractivity contribution >= 4 is 0 Å². The lowest BCUT2D eigenvalue weighted by atomic mass is 10.3. The molecule has 8 heavy (non-hydrogen) atoms. The molecule has 0 aromatic carbocycles. The van der Waals surface area contributed by atoms with Crippen molar-refractivity contribution in [2.75, 3.05) is 13.6 Å². The average Bonchev–Trinajstić information content (AvgIpc) is 1.81. The minimum Gasteiger partial charge on any atom is -0.316 e. The van der Waals surface area contributed by atoms with Crippen molar-refractivity contribution in [1.29, 1.82) is 0 Å². The molecule has 1 nitrogen and oxygen atoms in total. The second kappa shape index (κ2) is 6.70. The van der Waals surface area contributed by atoms with E-state index in [4.69, 9.17) is 0 Å². The monoisotopic (exact) mass is 113 g/mol. The molecule has 0 heterocycles. The number of nitrogens with one attached hydrogen (secondary N) is 1. The first kappa shape index (κ1) is 7.70. The fourth-order valence-corrected chi connectivity index (χ4v) is 0.486. The fraction of sp³-hybridized carbons (Fsp3) is 0.714. The van der Waals surface area contributed by atoms with Crippen LogP contribution in [0.2, 0.25) is 0 Å². The molecule has 0 amide bonds. The minimum absolute atomic E-state index is 1.00. The zero-order chi connectivity index (χ0) is 6.24. The molecule has 1 N–H and O–H groups in total. The highest BCUT2D eigenvalue weighted by Crippen LogP contribution is 1.85. The summed E-state index contributed by atoms with van der Waals surface area (Å²) in [6.45, 7) is 3.18. The topological polar surface area (TPSA) is 12.0 Å². The summed E-state index contributed by atoms with van der Waals surface area (Å²) in [5.74, 6) is 0. The van der Waals surface area contributed by atoms with Crippen molar-refractivity contribution in [3.05, 3.63) is 12.2 Å². The van der Waals surface area contributed by atoms with Crippen LogP contribution < -0.4 is 5.32 Å². The predicted octanol–water partition coefficient (Wildman–Crippen LogP) is 1.56. The van der Waals surface area contributed by atoms with Crippen LogP contribution in [0.4, 0.5) is 0 Å². The summed E-state index contributed by atoms with van der Waals surface area (Å²) in [5, 5.41) is 3.04. The van der Waals surface area contributed by atoms with E-state index in [1.54, 1.807) is 0 Å². The summed E-state index contributed by atoms with van der Waals surface area (Å²) in [7, 11) is 1.95. The van der Waals surface area contributed by atoms with E-state index < -0.39 is 0 Å². The molecular formula is C7H15N. The van der Waals surface area contributed by atoms with Gasteiger partial charge in [0.05, 0.1) is 0 Å². The van der Waals surface area contributed by atoms with Gasteiger partial charge < -0.3 is 5.32 Å². The quantitative estimate of drug-likeness (QED) is 0.545. The molecule has 0 saturated carbocycles. The fourth-order valence-electron chi connectivity index (χ4n) is 0.486. The van der Waals surface area contributed by atoms with Crippen LogP contribution in [-0.2, 0) is 0 Å². The third-order valence-electron chi connectivity index (χ3n) is 0.944. The van der Waals surface area contributed by atoms with Crippen LogP contribution >= 0.6 is 0 Å². The van der Waals surface area contributed by atoms with Crippen LogP contribution in [0, 0.1) is 0 Å². The first-order valence-corrected chi connectivity index (χ1v) is 3.21. The van der Waals surface area contributed by atoms with Gasteiger partial charge in [0.15, 0.2) is 0 Å². The second-order valence-corrected chi connectivity index (χ2v) is 1.82. The molecule has 0 fully saturated rings. The van der Waals surface area contributed by atoms with Crippen LogP contribution in [0.15, 0.2) is 12.2 Å². The summed E-state index contributed by atoms with van der Waals surface area (Å²) in [6, 6.07) is 0. The standard InChI is InChI=1S/C7H15N/c1-3-4-5-6-7-8-2/h5-6,8H,3-4,7H2,1-2H3/b6-5+. The molecule has 48 valence electrons. The van der Waals surface area contributed by atoms with E-state index in [1.165, 1.54) is 12.8 Å². The highest BCUT2D eigenvalue weighted by Gasteiger charge is 1.70. The predicted molar refractivity (Wildman–Crippen MR) is 38.0 cm³/mol. The maximum atomic E-state index is 3.04. The van der Waals surface area contributed by atoms with E-state index in [0.29, 0.717) is 0 Å². The van der Waals surface area contributed by atoms with Crippen LogP contribution in [0.3, 0.4) is 0 Å². The SMILES string of the molecule is CCC/C=C/CNC. The maximum absolute atomic E-state index is 3.04. The first-order valence-electron chi connectivity index (χ1n) is 3.21. The number of unbranched alkanes of at least 4 members (excludes halogenated alkanes) is 1. The third-order valence-corrected chi connectivity index (χ3v) is 0.944. The van der Waals surface area contributed by atoms with Crippen LogP contribution in [0.1, 0.15) is 19.8 Å². The summed E-state index contributed by atoms with van der Waals surface area (Å²) in [5.41, 5.74) is 0. The third kappa shape index (κ3) is 5.70. The Morgan fingerprint density at radius 2 is 2.12 bits per heavy atom. The largest absolute Gasteiger partial charge is 0.316 e. The molecule has 0 radical (unpaired) electrons. The number of hydrogen-bond acceptors (Lipinski definition) is 1. The lowest BCUT2D eigenvalue weighted by Crippen LogP contribution is -2.03. The van der Waals surface area contributed by atoms with Crippen LogP contribution in [0.25, 0.3) is 0 Å². The lowest BCUT2D eigenvalue weighted by molar-refractivity contribution is 0.901. The Balaban J connectivity index is 2.83. The van der Waals surface area contributed by atoms with Crippen LogP contribution in [0.5, 0.6) is 0 Å². The zero-order valence-corrected chi connectivity index (χ0v) is 5.78. The van der Waals surface area contributed by atoms with Crippen molar-refractivity contribution < 1.29 is 0 Å². The van der Waals surface area contributed by atoms with Crippen molar-refractivity contribution in [2.24, 2.45) is 0 Å². The minimum atomic E-state index is 1.00. The molecule has 0 spiro atoms. The second-order valence-electron chi connectivity index (χ2n) is 1.82. The average molecular weight is 113 g/mol. The smallest absolute Gasteiger partial charge is 0.0131 e. The lowest BCUT2D eigenvalue weighted by Gasteiger charge is -1.86. The summed E-state index contributed by atoms with van der Waals surface area (Å²) < 4.78 is 0. The zero-order valence-electron chi connectivity index (χ0n) is 5.78. The van der Waals surface area contributed by atoms with Crippen molar-refractivity contribution in [3.63, 3.8) is 0 Å². The van der Waals surface area contributed by atoms with Gasteiger partial charge in [-0.25, -0.2) is 0 Å². The summed E-state index contributed by atoms with van der Waals surface area (Å²) in [4.78, 5) is 0. The van der Waals surface area contributed by atoms with Crippen molar-refractivity contribution in [1.82, 2.24) is 5.32 Å². The highest BCUT2D eigenvalue weighted by molar-refractivity contribution is 4.82. The molecule has 0 aliphatic rings. The number of rotatable bonds is 4. The first-order chi connectivity index (χ1) is 3.91. The molecule has 0 aromatic heterocycles. The Bertz CT molecular complexity index is 49.4. The van der Waals surface area contributed by atoms with Gasteiger partial charge in [0, 0.05) is 6.54 Å². The Morgan fingerprint density at radius 3 is 2.62 bits per heavy atom. The molecule has 0 unspecified atom stereocenters. The maximum Gasteiger partial charge on any atom is 0.0131 e. The van der Waals surface area contributed by atoms with Gasteiger partial charge in [-0.2, -0.15) is 0 Å². The molecule has 1 heteroatoms. The van der Waals surface area contributed by atoms with E-state index in [-0.39, 0.29) is 0 Å². The summed E-state index contributed by atoms with van der Waals surface area (Å²) in [6.07, 6.45) is 6.82. The summed E-state index contributed by atoms with van der Waals surface area (Å²) >= 11 is 0. The molecular weight excluding hydrogens is 98.1 g/mol. The van der Waals surface area contributed by atoms with Gasteiger partial charge in [0.2, 0.25) is 0 Å². The van der Waals surface area contributed by atoms with Gasteiger partial charge >= 0.3 is 0 Å². The van der Waals surface area contributed by atoms with Crippen molar-refractivity contribution in [3.8, 4) is 0 Å². The highest BCUT2D eigenvalue weighted by atomic mass is 14.8. The Morgan fingerprint density at radius 1 is 1.38 bits per heavy atom. The molecule has 0 aliphatic heterocycles. The van der Waals surface area contributed by atoms with E-state index >= 15 is 0 Å². The molecule has 0 aromatic rings. The number of allylic oxidation sites excluding steroid dienone is 1. The molecule has 0 bridgehead atoms. The van der Waals surface area contributed by atoms with Gasteiger partial charge in [0.1, 0.15) is 0 Å². The van der Waals surface area contributed by atoms with Gasteiger partial charge in [-0.05, 0) is 13.5 Å². The molecule has 0 atom stereocenters. The Labute approximate surface area is 51.8 Å². The van der Waals surface area contributed by atoms with Crippen LogP contribution in [-0.4, -0.2) is 13.6 Å². The normalized spacial score (nSPS) is 10.8. The van der Waals surface area contributed by atoms with Gasteiger partial charge in [-0.1, -0.05) is 25.5 Å². The van der Waals surface area contributed by atoms with E-state index in [2.05, 4.69) is 24.4 Å². The number of hydrogen-bond donors (Lipinski definition) is 1. The van der Waals surface area contributed by atoms with Gasteiger partial charge in [-0.15, -0.1) is 0 Å². The number of likely N-dealkylation sites (N-methyl/N-ethyl adjacent to an activating group) is 1. The Hall–Kier alpha value is -0.300. The van der Waals surface area contributed by atoms with E-state index in [9.17, 15) is 0 Å².